The average molecular weight is 284 g/mol. The van der Waals surface area contributed by atoms with Crippen LogP contribution >= 0.6 is 11.3 Å². The van der Waals surface area contributed by atoms with E-state index in [1.807, 2.05) is 28.5 Å². The average Bonchev–Trinajstić information content (AvgIpc) is 3.17. The molecule has 0 aliphatic carbocycles. The molecule has 0 amide bonds. The molecule has 5 heteroatoms. The molecule has 0 aliphatic heterocycles. The first-order valence-electron chi connectivity index (χ1n) is 6.60. The summed E-state index contributed by atoms with van der Waals surface area (Å²) >= 11 is 1.71. The van der Waals surface area contributed by atoms with Crippen LogP contribution in [-0.2, 0) is 13.0 Å². The van der Waals surface area contributed by atoms with Crippen LogP contribution < -0.4 is 5.32 Å². The van der Waals surface area contributed by atoms with Crippen LogP contribution in [0.5, 0.6) is 0 Å². The number of hydrogen-bond donors (Lipinski definition) is 1. The van der Waals surface area contributed by atoms with Crippen LogP contribution in [0.25, 0.3) is 5.69 Å². The molecular weight excluding hydrogens is 268 g/mol. The molecule has 3 aromatic rings. The Hall–Kier alpha value is -1.98. The fraction of sp³-hybridized carbons (Fsp3) is 0.200. The Labute approximate surface area is 122 Å². The number of nitrogens with one attached hydrogen (secondary N) is 1. The predicted octanol–water partition coefficient (Wildman–Crippen LogP) is 2.66. The van der Waals surface area contributed by atoms with Crippen molar-refractivity contribution in [3.8, 4) is 5.69 Å². The van der Waals surface area contributed by atoms with Crippen molar-refractivity contribution in [1.82, 2.24) is 20.1 Å². The standard InChI is InChI=1S/C15H16N4S/c1-7-18-19(10-1)14-4-2-13(3-5-14)12-16-8-6-15-17-9-11-20-15/h1-5,7,9-11,16H,6,8,12H2. The zero-order chi connectivity index (χ0) is 13.6. The van der Waals surface area contributed by atoms with Crippen molar-refractivity contribution < 1.29 is 0 Å². The van der Waals surface area contributed by atoms with Gasteiger partial charge in [-0.15, -0.1) is 11.3 Å². The summed E-state index contributed by atoms with van der Waals surface area (Å²) in [5.74, 6) is 0. The van der Waals surface area contributed by atoms with Gasteiger partial charge in [0.1, 0.15) is 0 Å². The smallest absolute Gasteiger partial charge is 0.0937 e. The SMILES string of the molecule is c1cnn(-c2ccc(CNCCc3nccs3)cc2)c1. The van der Waals surface area contributed by atoms with E-state index in [0.717, 1.165) is 25.2 Å². The van der Waals surface area contributed by atoms with Gasteiger partial charge in [0.05, 0.1) is 10.7 Å². The van der Waals surface area contributed by atoms with Crippen LogP contribution in [0.2, 0.25) is 0 Å². The lowest BCUT2D eigenvalue weighted by atomic mass is 10.2. The lowest BCUT2D eigenvalue weighted by Gasteiger charge is -2.06. The number of benzene rings is 1. The molecule has 2 heterocycles. The molecule has 0 saturated carbocycles. The van der Waals surface area contributed by atoms with Gasteiger partial charge in [-0.2, -0.15) is 5.10 Å². The Kier molecular flexibility index (Phi) is 4.20. The van der Waals surface area contributed by atoms with E-state index in [1.165, 1.54) is 10.6 Å². The Bertz CT molecular complexity index is 614. The summed E-state index contributed by atoms with van der Waals surface area (Å²) in [5, 5.41) is 10.9. The van der Waals surface area contributed by atoms with Crippen LogP contribution in [-0.4, -0.2) is 21.3 Å². The highest BCUT2D eigenvalue weighted by molar-refractivity contribution is 7.09. The number of nitrogens with zero attached hydrogens (tertiary/aromatic N) is 3. The second-order valence-electron chi connectivity index (χ2n) is 4.47. The first-order valence-corrected chi connectivity index (χ1v) is 7.48. The molecular formula is C15H16N4S. The van der Waals surface area contributed by atoms with Crippen molar-refractivity contribution >= 4 is 11.3 Å². The van der Waals surface area contributed by atoms with Crippen molar-refractivity contribution in [3.63, 3.8) is 0 Å². The number of hydrogen-bond acceptors (Lipinski definition) is 4. The Morgan fingerprint density at radius 1 is 1.15 bits per heavy atom. The van der Waals surface area contributed by atoms with Crippen molar-refractivity contribution in [2.24, 2.45) is 0 Å². The van der Waals surface area contributed by atoms with E-state index in [-0.39, 0.29) is 0 Å². The molecule has 0 radical (unpaired) electrons. The summed E-state index contributed by atoms with van der Waals surface area (Å²) in [4.78, 5) is 4.27. The lowest BCUT2D eigenvalue weighted by Crippen LogP contribution is -2.16. The third-order valence-corrected chi connectivity index (χ3v) is 3.87. The summed E-state index contributed by atoms with van der Waals surface area (Å²) in [5.41, 5.74) is 2.36. The number of thiazole rings is 1. The third kappa shape index (κ3) is 3.31. The predicted molar refractivity (Wildman–Crippen MR) is 81.1 cm³/mol. The highest BCUT2D eigenvalue weighted by Gasteiger charge is 1.98. The maximum absolute atomic E-state index is 4.27. The Morgan fingerprint density at radius 3 is 2.75 bits per heavy atom. The van der Waals surface area contributed by atoms with Crippen molar-refractivity contribution in [1.29, 1.82) is 0 Å². The number of aromatic nitrogens is 3. The molecule has 0 aliphatic rings. The van der Waals surface area contributed by atoms with Gasteiger partial charge >= 0.3 is 0 Å². The molecule has 0 atom stereocenters. The summed E-state index contributed by atoms with van der Waals surface area (Å²) < 4.78 is 1.86. The van der Waals surface area contributed by atoms with Crippen LogP contribution in [0.4, 0.5) is 0 Å². The zero-order valence-corrected chi connectivity index (χ0v) is 11.9. The minimum atomic E-state index is 0.880. The molecule has 0 unspecified atom stereocenters. The van der Waals surface area contributed by atoms with Gasteiger partial charge < -0.3 is 5.32 Å². The topological polar surface area (TPSA) is 42.7 Å². The molecule has 0 fully saturated rings. The molecule has 0 bridgehead atoms. The first-order chi connectivity index (χ1) is 9.92. The summed E-state index contributed by atoms with van der Waals surface area (Å²) in [6, 6.07) is 10.4. The largest absolute Gasteiger partial charge is 0.312 e. The quantitative estimate of drug-likeness (QED) is 0.708. The maximum Gasteiger partial charge on any atom is 0.0937 e. The summed E-state index contributed by atoms with van der Waals surface area (Å²) in [6.07, 6.45) is 6.58. The molecule has 102 valence electrons. The van der Waals surface area contributed by atoms with Crippen LogP contribution in [0, 0.1) is 0 Å². The van der Waals surface area contributed by atoms with E-state index < -0.39 is 0 Å². The van der Waals surface area contributed by atoms with E-state index in [9.17, 15) is 0 Å². The fourth-order valence-electron chi connectivity index (χ4n) is 1.99. The van der Waals surface area contributed by atoms with Crippen molar-refractivity contribution in [3.05, 3.63) is 64.9 Å². The normalized spacial score (nSPS) is 10.8. The molecule has 0 spiro atoms. The van der Waals surface area contributed by atoms with Gasteiger partial charge in [0.2, 0.25) is 0 Å². The minimum absolute atomic E-state index is 0.880. The maximum atomic E-state index is 4.27. The Morgan fingerprint density at radius 2 is 2.05 bits per heavy atom. The van der Waals surface area contributed by atoms with Crippen LogP contribution in [0.1, 0.15) is 10.6 Å². The highest BCUT2D eigenvalue weighted by Crippen LogP contribution is 2.08. The summed E-state index contributed by atoms with van der Waals surface area (Å²) in [6.45, 7) is 1.83. The molecule has 4 nitrogen and oxygen atoms in total. The molecule has 2 aromatic heterocycles. The first kappa shape index (κ1) is 13.0. The van der Waals surface area contributed by atoms with Crippen LogP contribution in [0.3, 0.4) is 0 Å². The zero-order valence-electron chi connectivity index (χ0n) is 11.1. The molecule has 20 heavy (non-hydrogen) atoms. The minimum Gasteiger partial charge on any atom is -0.312 e. The van der Waals surface area contributed by atoms with Gasteiger partial charge in [0, 0.05) is 43.5 Å². The summed E-state index contributed by atoms with van der Waals surface area (Å²) in [7, 11) is 0. The van der Waals surface area contributed by atoms with Crippen molar-refractivity contribution in [2.45, 2.75) is 13.0 Å². The van der Waals surface area contributed by atoms with E-state index in [2.05, 4.69) is 39.7 Å². The van der Waals surface area contributed by atoms with Gasteiger partial charge in [0.15, 0.2) is 0 Å². The molecule has 1 N–H and O–H groups in total. The van der Waals surface area contributed by atoms with Crippen molar-refractivity contribution in [2.75, 3.05) is 6.54 Å². The monoisotopic (exact) mass is 284 g/mol. The van der Waals surface area contributed by atoms with E-state index in [4.69, 9.17) is 0 Å². The van der Waals surface area contributed by atoms with Gasteiger partial charge in [0.25, 0.3) is 0 Å². The van der Waals surface area contributed by atoms with E-state index in [0.29, 0.717) is 0 Å². The van der Waals surface area contributed by atoms with Gasteiger partial charge in [-0.25, -0.2) is 9.67 Å². The third-order valence-electron chi connectivity index (χ3n) is 3.03. The van der Waals surface area contributed by atoms with E-state index in [1.54, 1.807) is 17.5 Å². The van der Waals surface area contributed by atoms with Gasteiger partial charge in [-0.3, -0.25) is 0 Å². The highest BCUT2D eigenvalue weighted by atomic mass is 32.1. The van der Waals surface area contributed by atoms with Crippen LogP contribution in [0.15, 0.2) is 54.3 Å². The second kappa shape index (κ2) is 6.45. The van der Waals surface area contributed by atoms with Gasteiger partial charge in [-0.05, 0) is 23.8 Å². The molecule has 1 aromatic carbocycles. The Balaban J connectivity index is 1.48. The lowest BCUT2D eigenvalue weighted by molar-refractivity contribution is 0.685. The van der Waals surface area contributed by atoms with E-state index >= 15 is 0 Å². The molecule has 3 rings (SSSR count). The second-order valence-corrected chi connectivity index (χ2v) is 5.45. The number of rotatable bonds is 6. The van der Waals surface area contributed by atoms with Gasteiger partial charge in [-0.1, -0.05) is 12.1 Å². The molecule has 0 saturated heterocycles. The fourth-order valence-corrected chi connectivity index (χ4v) is 2.61.